The first-order valence-electron chi connectivity index (χ1n) is 6.68. The van der Waals surface area contributed by atoms with Crippen molar-refractivity contribution < 1.29 is 8.42 Å². The summed E-state index contributed by atoms with van der Waals surface area (Å²) in [5.41, 5.74) is 0.917. The van der Waals surface area contributed by atoms with Crippen molar-refractivity contribution in [2.24, 2.45) is 0 Å². The van der Waals surface area contributed by atoms with Crippen LogP contribution in [-0.4, -0.2) is 26.3 Å². The standard InChI is InChI=1S/C17H16BrNO2S/c1-3-14(15-9-11-16(18)12-10-15)13-19(2)22(20,21)17-7-5-4-6-8-17/h1,4-12,14H,13H2,2H3/t14-/m0/s1. The average Bonchev–Trinajstić information content (AvgIpc) is 2.54. The van der Waals surface area contributed by atoms with Gasteiger partial charge in [-0.3, -0.25) is 0 Å². The van der Waals surface area contributed by atoms with Crippen molar-refractivity contribution in [2.45, 2.75) is 10.8 Å². The van der Waals surface area contributed by atoms with Gasteiger partial charge in [0.05, 0.1) is 10.8 Å². The first-order chi connectivity index (χ1) is 10.4. The van der Waals surface area contributed by atoms with E-state index in [0.717, 1.165) is 10.0 Å². The van der Waals surface area contributed by atoms with Crippen LogP contribution in [0.2, 0.25) is 0 Å². The number of likely N-dealkylation sites (N-methyl/N-ethyl adjacent to an activating group) is 1. The van der Waals surface area contributed by atoms with Gasteiger partial charge in [-0.1, -0.05) is 52.2 Å². The van der Waals surface area contributed by atoms with Crippen molar-refractivity contribution in [3.05, 3.63) is 64.6 Å². The molecule has 1 atom stereocenters. The number of nitrogens with zero attached hydrogens (tertiary/aromatic N) is 1. The van der Waals surface area contributed by atoms with Crippen molar-refractivity contribution in [2.75, 3.05) is 13.6 Å². The Bertz CT molecular complexity index is 765. The fourth-order valence-corrected chi connectivity index (χ4v) is 3.55. The van der Waals surface area contributed by atoms with Gasteiger partial charge >= 0.3 is 0 Å². The van der Waals surface area contributed by atoms with E-state index < -0.39 is 10.0 Å². The molecule has 114 valence electrons. The fraction of sp³-hybridized carbons (Fsp3) is 0.176. The van der Waals surface area contributed by atoms with Gasteiger partial charge in [-0.05, 0) is 29.8 Å². The maximum absolute atomic E-state index is 12.5. The number of halogens is 1. The topological polar surface area (TPSA) is 37.4 Å². The molecule has 0 amide bonds. The maximum Gasteiger partial charge on any atom is 0.242 e. The highest BCUT2D eigenvalue weighted by Crippen LogP contribution is 2.22. The molecule has 2 aromatic carbocycles. The first-order valence-corrected chi connectivity index (χ1v) is 8.91. The first kappa shape index (κ1) is 16.8. The Balaban J connectivity index is 2.21. The summed E-state index contributed by atoms with van der Waals surface area (Å²) in [5, 5.41) is 0. The van der Waals surface area contributed by atoms with Gasteiger partial charge in [0.15, 0.2) is 0 Å². The third-order valence-corrected chi connectivity index (χ3v) is 5.73. The monoisotopic (exact) mass is 377 g/mol. The Morgan fingerprint density at radius 3 is 2.27 bits per heavy atom. The average molecular weight is 378 g/mol. The van der Waals surface area contributed by atoms with Crippen LogP contribution < -0.4 is 0 Å². The molecule has 0 fully saturated rings. The van der Waals surface area contributed by atoms with Gasteiger partial charge in [0.2, 0.25) is 10.0 Å². The molecule has 0 saturated heterocycles. The van der Waals surface area contributed by atoms with E-state index in [1.807, 2.05) is 24.3 Å². The van der Waals surface area contributed by atoms with E-state index in [1.165, 1.54) is 4.31 Å². The minimum Gasteiger partial charge on any atom is -0.207 e. The number of hydrogen-bond acceptors (Lipinski definition) is 2. The molecule has 0 bridgehead atoms. The molecular formula is C17H16BrNO2S. The minimum atomic E-state index is -3.53. The van der Waals surface area contributed by atoms with Crippen LogP contribution in [0.15, 0.2) is 64.0 Å². The summed E-state index contributed by atoms with van der Waals surface area (Å²) in [6.07, 6.45) is 5.59. The SMILES string of the molecule is C#C[C@@H](CN(C)S(=O)(=O)c1ccccc1)c1ccc(Br)cc1. The van der Waals surface area contributed by atoms with Crippen LogP contribution in [0.5, 0.6) is 0 Å². The highest BCUT2D eigenvalue weighted by atomic mass is 79.9. The zero-order valence-corrected chi connectivity index (χ0v) is 14.5. The van der Waals surface area contributed by atoms with Crippen LogP contribution in [0.4, 0.5) is 0 Å². The lowest BCUT2D eigenvalue weighted by molar-refractivity contribution is 0.461. The molecule has 0 aromatic heterocycles. The van der Waals surface area contributed by atoms with Gasteiger partial charge in [-0.25, -0.2) is 8.42 Å². The molecule has 0 aliphatic heterocycles. The molecule has 5 heteroatoms. The second-order valence-corrected chi connectivity index (χ2v) is 7.83. The van der Waals surface area contributed by atoms with Crippen molar-refractivity contribution in [1.82, 2.24) is 4.31 Å². The lowest BCUT2D eigenvalue weighted by atomic mass is 10.0. The summed E-state index contributed by atoms with van der Waals surface area (Å²) in [6, 6.07) is 15.9. The van der Waals surface area contributed by atoms with E-state index in [0.29, 0.717) is 0 Å². The van der Waals surface area contributed by atoms with E-state index in [4.69, 9.17) is 6.42 Å². The zero-order chi connectivity index (χ0) is 16.2. The van der Waals surface area contributed by atoms with E-state index in [9.17, 15) is 8.42 Å². The summed E-state index contributed by atoms with van der Waals surface area (Å²) in [4.78, 5) is 0.268. The molecule has 0 spiro atoms. The fourth-order valence-electron chi connectivity index (χ4n) is 2.08. The van der Waals surface area contributed by atoms with Crippen LogP contribution in [0, 0.1) is 12.3 Å². The van der Waals surface area contributed by atoms with Gasteiger partial charge in [-0.2, -0.15) is 4.31 Å². The Kier molecular flexibility index (Phi) is 5.41. The lowest BCUT2D eigenvalue weighted by Gasteiger charge is -2.21. The van der Waals surface area contributed by atoms with E-state index >= 15 is 0 Å². The molecule has 2 rings (SSSR count). The van der Waals surface area contributed by atoms with Crippen LogP contribution in [-0.2, 0) is 10.0 Å². The van der Waals surface area contributed by atoms with Gasteiger partial charge in [0.25, 0.3) is 0 Å². The summed E-state index contributed by atoms with van der Waals surface area (Å²) in [5.74, 6) is 2.38. The summed E-state index contributed by atoms with van der Waals surface area (Å²) >= 11 is 3.37. The van der Waals surface area contributed by atoms with Gasteiger partial charge in [0.1, 0.15) is 0 Å². The quantitative estimate of drug-likeness (QED) is 0.747. The summed E-state index contributed by atoms with van der Waals surface area (Å²) < 4.78 is 27.3. The molecule has 3 nitrogen and oxygen atoms in total. The third-order valence-electron chi connectivity index (χ3n) is 3.36. The highest BCUT2D eigenvalue weighted by molar-refractivity contribution is 9.10. The zero-order valence-electron chi connectivity index (χ0n) is 12.1. The van der Waals surface area contributed by atoms with Crippen LogP contribution in [0.3, 0.4) is 0 Å². The largest absolute Gasteiger partial charge is 0.242 e. The van der Waals surface area contributed by atoms with E-state index in [2.05, 4.69) is 21.9 Å². The van der Waals surface area contributed by atoms with Gasteiger partial charge in [-0.15, -0.1) is 6.42 Å². The van der Waals surface area contributed by atoms with Crippen molar-refractivity contribution in [1.29, 1.82) is 0 Å². The molecule has 0 saturated carbocycles. The van der Waals surface area contributed by atoms with Crippen LogP contribution in [0.25, 0.3) is 0 Å². The Labute approximate surface area is 140 Å². The Morgan fingerprint density at radius 1 is 1.14 bits per heavy atom. The van der Waals surface area contributed by atoms with E-state index in [1.54, 1.807) is 37.4 Å². The summed E-state index contributed by atoms with van der Waals surface area (Å²) in [6.45, 7) is 0.232. The van der Waals surface area contributed by atoms with Crippen molar-refractivity contribution in [3.63, 3.8) is 0 Å². The third kappa shape index (κ3) is 3.77. The number of benzene rings is 2. The number of hydrogen-bond donors (Lipinski definition) is 0. The molecule has 0 aliphatic carbocycles. The highest BCUT2D eigenvalue weighted by Gasteiger charge is 2.23. The summed E-state index contributed by atoms with van der Waals surface area (Å²) in [7, 11) is -1.98. The second-order valence-electron chi connectivity index (χ2n) is 4.87. The van der Waals surface area contributed by atoms with Crippen LogP contribution in [0.1, 0.15) is 11.5 Å². The molecular weight excluding hydrogens is 362 g/mol. The lowest BCUT2D eigenvalue weighted by Crippen LogP contribution is -2.30. The van der Waals surface area contributed by atoms with Gasteiger partial charge < -0.3 is 0 Å². The molecule has 0 radical (unpaired) electrons. The molecule has 0 aliphatic rings. The molecule has 22 heavy (non-hydrogen) atoms. The molecule has 0 heterocycles. The number of sulfonamides is 1. The molecule has 0 unspecified atom stereocenters. The normalized spacial score (nSPS) is 12.8. The van der Waals surface area contributed by atoms with Gasteiger partial charge in [0, 0.05) is 18.1 Å². The van der Waals surface area contributed by atoms with Crippen molar-refractivity contribution in [3.8, 4) is 12.3 Å². The van der Waals surface area contributed by atoms with E-state index in [-0.39, 0.29) is 17.4 Å². The van der Waals surface area contributed by atoms with Crippen LogP contribution >= 0.6 is 15.9 Å². The minimum absolute atomic E-state index is 0.232. The maximum atomic E-state index is 12.5. The molecule has 0 N–H and O–H groups in total. The van der Waals surface area contributed by atoms with Crippen molar-refractivity contribution >= 4 is 26.0 Å². The predicted molar refractivity (Wildman–Crippen MR) is 92.0 cm³/mol. The second kappa shape index (κ2) is 7.10. The smallest absolute Gasteiger partial charge is 0.207 e. The predicted octanol–water partition coefficient (Wildman–Crippen LogP) is 3.49. The Hall–Kier alpha value is -1.61. The molecule has 2 aromatic rings. The number of terminal acetylenes is 1. The number of rotatable bonds is 5. The Morgan fingerprint density at radius 2 is 1.73 bits per heavy atom.